The molecule has 0 heterocycles. The average Bonchev–Trinajstić information content (AvgIpc) is 2.36. The third-order valence-corrected chi connectivity index (χ3v) is 2.81. The molecule has 0 aromatic heterocycles. The van der Waals surface area contributed by atoms with Gasteiger partial charge in [0, 0.05) is 13.7 Å². The van der Waals surface area contributed by atoms with Crippen LogP contribution in [0.4, 0.5) is 0 Å². The molecule has 1 rings (SSSR count). The number of benzene rings is 1. The Bertz CT molecular complexity index is 357. The standard InChI is InChI=1S/C15H25NO3/c1-12-9-14(11-16-3)10-13(2)15(12)19-8-7-18-6-5-17-4/h9-10,16H,5-8,11H2,1-4H3. The van der Waals surface area contributed by atoms with E-state index >= 15 is 0 Å². The Morgan fingerprint density at radius 2 is 1.63 bits per heavy atom. The zero-order valence-corrected chi connectivity index (χ0v) is 12.4. The second kappa shape index (κ2) is 8.91. The van der Waals surface area contributed by atoms with Crippen molar-refractivity contribution in [3.05, 3.63) is 28.8 Å². The van der Waals surface area contributed by atoms with Gasteiger partial charge >= 0.3 is 0 Å². The van der Waals surface area contributed by atoms with Crippen molar-refractivity contribution in [3.63, 3.8) is 0 Å². The molecule has 0 radical (unpaired) electrons. The first-order valence-corrected chi connectivity index (χ1v) is 6.63. The van der Waals surface area contributed by atoms with Gasteiger partial charge in [0.05, 0.1) is 19.8 Å². The lowest BCUT2D eigenvalue weighted by molar-refractivity contribution is 0.0542. The molecule has 1 aromatic carbocycles. The third-order valence-electron chi connectivity index (χ3n) is 2.81. The van der Waals surface area contributed by atoms with Crippen LogP contribution in [-0.2, 0) is 16.0 Å². The van der Waals surface area contributed by atoms with Crippen molar-refractivity contribution in [3.8, 4) is 5.75 Å². The normalized spacial score (nSPS) is 10.7. The molecule has 0 aliphatic heterocycles. The summed E-state index contributed by atoms with van der Waals surface area (Å²) in [7, 11) is 3.62. The first-order chi connectivity index (χ1) is 9.19. The van der Waals surface area contributed by atoms with E-state index in [-0.39, 0.29) is 0 Å². The van der Waals surface area contributed by atoms with Crippen molar-refractivity contribution in [2.45, 2.75) is 20.4 Å². The molecule has 1 aromatic rings. The molecule has 0 fully saturated rings. The summed E-state index contributed by atoms with van der Waals surface area (Å²) in [4.78, 5) is 0. The molecule has 19 heavy (non-hydrogen) atoms. The number of nitrogens with one attached hydrogen (secondary N) is 1. The number of hydrogen-bond acceptors (Lipinski definition) is 4. The SMILES string of the molecule is CNCc1cc(C)c(OCCOCCOC)c(C)c1. The molecule has 1 N–H and O–H groups in total. The van der Waals surface area contributed by atoms with Gasteiger partial charge in [-0.2, -0.15) is 0 Å². The lowest BCUT2D eigenvalue weighted by Crippen LogP contribution is -2.11. The minimum absolute atomic E-state index is 0.566. The van der Waals surface area contributed by atoms with Gasteiger partial charge in [-0.25, -0.2) is 0 Å². The maximum Gasteiger partial charge on any atom is 0.125 e. The second-order valence-electron chi connectivity index (χ2n) is 4.54. The predicted octanol–water partition coefficient (Wildman–Crippen LogP) is 2.06. The van der Waals surface area contributed by atoms with Gasteiger partial charge in [-0.15, -0.1) is 0 Å². The lowest BCUT2D eigenvalue weighted by atomic mass is 10.1. The summed E-state index contributed by atoms with van der Waals surface area (Å²) < 4.78 is 16.1. The first kappa shape index (κ1) is 16.0. The number of aryl methyl sites for hydroxylation is 2. The van der Waals surface area contributed by atoms with Crippen molar-refractivity contribution >= 4 is 0 Å². The average molecular weight is 267 g/mol. The zero-order valence-electron chi connectivity index (χ0n) is 12.4. The van der Waals surface area contributed by atoms with E-state index in [0.717, 1.165) is 12.3 Å². The molecular formula is C15H25NO3. The maximum absolute atomic E-state index is 5.79. The molecular weight excluding hydrogens is 242 g/mol. The van der Waals surface area contributed by atoms with E-state index < -0.39 is 0 Å². The predicted molar refractivity (Wildman–Crippen MR) is 76.9 cm³/mol. The van der Waals surface area contributed by atoms with Crippen molar-refractivity contribution in [1.29, 1.82) is 0 Å². The molecule has 0 spiro atoms. The fourth-order valence-electron chi connectivity index (χ4n) is 2.02. The number of hydrogen-bond donors (Lipinski definition) is 1. The van der Waals surface area contributed by atoms with Crippen LogP contribution in [0.3, 0.4) is 0 Å². The largest absolute Gasteiger partial charge is 0.491 e. The molecule has 4 nitrogen and oxygen atoms in total. The summed E-state index contributed by atoms with van der Waals surface area (Å²) in [6.45, 7) is 7.41. The van der Waals surface area contributed by atoms with Crippen molar-refractivity contribution in [2.24, 2.45) is 0 Å². The maximum atomic E-state index is 5.79. The Balaban J connectivity index is 2.45. The smallest absolute Gasteiger partial charge is 0.125 e. The van der Waals surface area contributed by atoms with Crippen molar-refractivity contribution < 1.29 is 14.2 Å². The molecule has 0 saturated carbocycles. The Hall–Kier alpha value is -1.10. The van der Waals surface area contributed by atoms with Crippen LogP contribution >= 0.6 is 0 Å². The molecule has 4 heteroatoms. The lowest BCUT2D eigenvalue weighted by Gasteiger charge is -2.14. The number of methoxy groups -OCH3 is 1. The van der Waals surface area contributed by atoms with Gasteiger partial charge in [-0.05, 0) is 37.6 Å². The third kappa shape index (κ3) is 5.59. The van der Waals surface area contributed by atoms with Gasteiger partial charge in [-0.1, -0.05) is 12.1 Å². The highest BCUT2D eigenvalue weighted by atomic mass is 16.5. The van der Waals surface area contributed by atoms with E-state index in [1.807, 2.05) is 7.05 Å². The van der Waals surface area contributed by atoms with Crippen LogP contribution in [-0.4, -0.2) is 40.6 Å². The summed E-state index contributed by atoms with van der Waals surface area (Å²) in [5, 5.41) is 3.16. The molecule has 0 amide bonds. The Morgan fingerprint density at radius 1 is 1.00 bits per heavy atom. The van der Waals surface area contributed by atoms with E-state index in [4.69, 9.17) is 14.2 Å². The summed E-state index contributed by atoms with van der Waals surface area (Å²) >= 11 is 0. The summed E-state index contributed by atoms with van der Waals surface area (Å²) in [6.07, 6.45) is 0. The monoisotopic (exact) mass is 267 g/mol. The topological polar surface area (TPSA) is 39.7 Å². The van der Waals surface area contributed by atoms with E-state index in [1.54, 1.807) is 7.11 Å². The highest BCUT2D eigenvalue weighted by Gasteiger charge is 2.06. The van der Waals surface area contributed by atoms with Gasteiger partial charge in [-0.3, -0.25) is 0 Å². The minimum atomic E-state index is 0.566. The fraction of sp³-hybridized carbons (Fsp3) is 0.600. The summed E-state index contributed by atoms with van der Waals surface area (Å²) in [5.41, 5.74) is 3.62. The van der Waals surface area contributed by atoms with Gasteiger partial charge in [0.2, 0.25) is 0 Å². The van der Waals surface area contributed by atoms with Crippen LogP contribution in [0.25, 0.3) is 0 Å². The van der Waals surface area contributed by atoms with E-state index in [0.29, 0.717) is 26.4 Å². The van der Waals surface area contributed by atoms with Gasteiger partial charge < -0.3 is 19.5 Å². The van der Waals surface area contributed by atoms with Gasteiger partial charge in [0.1, 0.15) is 12.4 Å². The Morgan fingerprint density at radius 3 is 2.21 bits per heavy atom. The van der Waals surface area contributed by atoms with E-state index in [1.165, 1.54) is 16.7 Å². The second-order valence-corrected chi connectivity index (χ2v) is 4.54. The summed E-state index contributed by atoms with van der Waals surface area (Å²) in [5.74, 6) is 0.968. The van der Waals surface area contributed by atoms with Gasteiger partial charge in [0.15, 0.2) is 0 Å². The highest BCUT2D eigenvalue weighted by Crippen LogP contribution is 2.24. The molecule has 0 atom stereocenters. The molecule has 0 aliphatic carbocycles. The minimum Gasteiger partial charge on any atom is -0.491 e. The van der Waals surface area contributed by atoms with Crippen LogP contribution in [0.15, 0.2) is 12.1 Å². The summed E-state index contributed by atoms with van der Waals surface area (Å²) in [6, 6.07) is 4.31. The van der Waals surface area contributed by atoms with Crippen molar-refractivity contribution in [1.82, 2.24) is 5.32 Å². The molecule has 108 valence electrons. The quantitative estimate of drug-likeness (QED) is 0.695. The van der Waals surface area contributed by atoms with Gasteiger partial charge in [0.25, 0.3) is 0 Å². The molecule has 0 aliphatic rings. The van der Waals surface area contributed by atoms with Crippen LogP contribution in [0, 0.1) is 13.8 Å². The molecule has 0 unspecified atom stereocenters. The molecule has 0 saturated heterocycles. The number of rotatable bonds is 9. The number of ether oxygens (including phenoxy) is 3. The van der Waals surface area contributed by atoms with Crippen LogP contribution < -0.4 is 10.1 Å². The van der Waals surface area contributed by atoms with Crippen molar-refractivity contribution in [2.75, 3.05) is 40.6 Å². The fourth-order valence-corrected chi connectivity index (χ4v) is 2.02. The van der Waals surface area contributed by atoms with Crippen LogP contribution in [0.5, 0.6) is 5.75 Å². The van der Waals surface area contributed by atoms with Crippen LogP contribution in [0.2, 0.25) is 0 Å². The molecule has 0 bridgehead atoms. The Kier molecular flexibility index (Phi) is 7.48. The van der Waals surface area contributed by atoms with E-state index in [2.05, 4.69) is 31.3 Å². The first-order valence-electron chi connectivity index (χ1n) is 6.63. The zero-order chi connectivity index (χ0) is 14.1. The Labute approximate surface area is 116 Å². The van der Waals surface area contributed by atoms with Crippen LogP contribution in [0.1, 0.15) is 16.7 Å². The highest BCUT2D eigenvalue weighted by molar-refractivity contribution is 5.43. The van der Waals surface area contributed by atoms with E-state index in [9.17, 15) is 0 Å².